The molecule has 0 radical (unpaired) electrons. The lowest BCUT2D eigenvalue weighted by Gasteiger charge is -2.31. The lowest BCUT2D eigenvalue weighted by molar-refractivity contribution is -0.140. The number of hydrogen-bond donors (Lipinski definition) is 0. The van der Waals surface area contributed by atoms with Crippen LogP contribution in [-0.2, 0) is 17.8 Å². The molecule has 0 saturated carbocycles. The summed E-state index contributed by atoms with van der Waals surface area (Å²) < 4.78 is 58.6. The lowest BCUT2D eigenvalue weighted by atomic mass is 9.95. The summed E-state index contributed by atoms with van der Waals surface area (Å²) in [6.07, 6.45) is -0.511. The Hall–Kier alpha value is -2.86. The molecule has 1 saturated heterocycles. The molecule has 0 N–H and O–H groups in total. The van der Waals surface area contributed by atoms with Crippen LogP contribution in [0.15, 0.2) is 24.7 Å². The number of piperidine rings is 1. The third-order valence-corrected chi connectivity index (χ3v) is 5.93. The molecule has 12 heteroatoms. The fourth-order valence-electron chi connectivity index (χ4n) is 4.12. The average Bonchev–Trinajstić information content (AvgIpc) is 3.20. The van der Waals surface area contributed by atoms with E-state index in [2.05, 4.69) is 19.9 Å². The highest BCUT2D eigenvalue weighted by Gasteiger charge is 2.31. The van der Waals surface area contributed by atoms with Crippen molar-refractivity contribution in [2.24, 2.45) is 0 Å². The summed E-state index contributed by atoms with van der Waals surface area (Å²) in [7, 11) is 3.40. The number of nitrogens with zero attached hydrogens (tertiary/aromatic N) is 7. The van der Waals surface area contributed by atoms with Gasteiger partial charge in [-0.15, -0.1) is 0 Å². The smallest absolute Gasteiger partial charge is 0.383 e. The number of anilines is 1. The third-order valence-electron chi connectivity index (χ3n) is 5.93. The van der Waals surface area contributed by atoms with Gasteiger partial charge in [-0.2, -0.15) is 13.2 Å². The van der Waals surface area contributed by atoms with Gasteiger partial charge in [0.1, 0.15) is 18.2 Å². The van der Waals surface area contributed by atoms with Gasteiger partial charge in [-0.3, -0.25) is 9.88 Å². The van der Waals surface area contributed by atoms with Gasteiger partial charge in [-0.25, -0.2) is 19.3 Å². The second kappa shape index (κ2) is 10.2. The molecule has 0 aromatic carbocycles. The highest BCUT2D eigenvalue weighted by Crippen LogP contribution is 2.31. The van der Waals surface area contributed by atoms with Crippen molar-refractivity contribution in [3.05, 3.63) is 42.0 Å². The summed E-state index contributed by atoms with van der Waals surface area (Å²) in [5, 5.41) is 0. The topological polar surface area (TPSA) is 72.2 Å². The van der Waals surface area contributed by atoms with Gasteiger partial charge in [0.25, 0.3) is 0 Å². The second-order valence-corrected chi connectivity index (χ2v) is 8.50. The number of fused-ring (bicyclic) bond motifs is 1. The van der Waals surface area contributed by atoms with Crippen molar-refractivity contribution in [3.8, 4) is 0 Å². The minimum Gasteiger partial charge on any atom is -0.383 e. The minimum atomic E-state index is -4.39. The molecule has 3 aromatic heterocycles. The van der Waals surface area contributed by atoms with E-state index in [9.17, 15) is 17.6 Å². The maximum atomic E-state index is 13.1. The molecule has 1 aliphatic rings. The van der Waals surface area contributed by atoms with Crippen molar-refractivity contribution < 1.29 is 22.3 Å². The molecule has 34 heavy (non-hydrogen) atoms. The zero-order valence-corrected chi connectivity index (χ0v) is 19.1. The number of pyridine rings is 1. The molecule has 184 valence electrons. The predicted octanol–water partition coefficient (Wildman–Crippen LogP) is 3.38. The molecular weight excluding hydrogens is 454 g/mol. The van der Waals surface area contributed by atoms with E-state index in [1.807, 2.05) is 11.9 Å². The molecule has 0 atom stereocenters. The van der Waals surface area contributed by atoms with Crippen LogP contribution in [0.1, 0.15) is 30.3 Å². The lowest BCUT2D eigenvalue weighted by Crippen LogP contribution is -2.33. The Balaban J connectivity index is 1.56. The van der Waals surface area contributed by atoms with Crippen LogP contribution in [-0.4, -0.2) is 76.0 Å². The molecule has 0 spiro atoms. The molecule has 1 fully saturated rings. The van der Waals surface area contributed by atoms with Crippen LogP contribution in [0.4, 0.5) is 23.4 Å². The summed E-state index contributed by atoms with van der Waals surface area (Å²) in [6, 6.07) is 3.06. The fourth-order valence-corrected chi connectivity index (χ4v) is 4.12. The van der Waals surface area contributed by atoms with E-state index < -0.39 is 12.7 Å². The first-order valence-electron chi connectivity index (χ1n) is 11.1. The zero-order chi connectivity index (χ0) is 24.3. The summed E-state index contributed by atoms with van der Waals surface area (Å²) in [5.74, 6) is 0.655. The van der Waals surface area contributed by atoms with Crippen molar-refractivity contribution in [2.75, 3.05) is 45.3 Å². The van der Waals surface area contributed by atoms with Crippen LogP contribution in [0.3, 0.4) is 0 Å². The number of rotatable bonds is 8. The van der Waals surface area contributed by atoms with Gasteiger partial charge >= 0.3 is 6.18 Å². The van der Waals surface area contributed by atoms with Crippen LogP contribution in [0.5, 0.6) is 0 Å². The van der Waals surface area contributed by atoms with E-state index in [0.29, 0.717) is 36.9 Å². The molecule has 3 aromatic rings. The molecule has 4 heterocycles. The number of likely N-dealkylation sites (N-methyl/N-ethyl adjacent to an activating group) is 1. The quantitative estimate of drug-likeness (QED) is 0.457. The normalized spacial score (nSPS) is 15.8. The Morgan fingerprint density at radius 1 is 1.15 bits per heavy atom. The van der Waals surface area contributed by atoms with Gasteiger partial charge in [0, 0.05) is 33.2 Å². The summed E-state index contributed by atoms with van der Waals surface area (Å²) in [6.45, 7) is 1.90. The van der Waals surface area contributed by atoms with Crippen LogP contribution in [0.25, 0.3) is 11.2 Å². The maximum absolute atomic E-state index is 13.1. The van der Waals surface area contributed by atoms with Crippen LogP contribution in [0.2, 0.25) is 0 Å². The van der Waals surface area contributed by atoms with E-state index in [-0.39, 0.29) is 17.4 Å². The Morgan fingerprint density at radius 3 is 2.56 bits per heavy atom. The number of methoxy groups -OCH3 is 1. The molecule has 0 bridgehead atoms. The third kappa shape index (κ3) is 5.79. The van der Waals surface area contributed by atoms with Crippen LogP contribution < -0.4 is 4.90 Å². The Morgan fingerprint density at radius 2 is 1.91 bits per heavy atom. The monoisotopic (exact) mass is 481 g/mol. The summed E-state index contributed by atoms with van der Waals surface area (Å²) in [5.41, 5.74) is 1.31. The summed E-state index contributed by atoms with van der Waals surface area (Å²) >= 11 is 0. The van der Waals surface area contributed by atoms with Crippen molar-refractivity contribution in [3.63, 3.8) is 0 Å². The molecule has 0 amide bonds. The van der Waals surface area contributed by atoms with Gasteiger partial charge in [0.2, 0.25) is 0 Å². The predicted molar refractivity (Wildman–Crippen MR) is 118 cm³/mol. The number of ether oxygens (including phenoxy) is 1. The molecule has 1 aliphatic heterocycles. The van der Waals surface area contributed by atoms with Gasteiger partial charge in [-0.05, 0) is 38.1 Å². The highest BCUT2D eigenvalue weighted by atomic mass is 19.4. The number of alkyl halides is 3. The van der Waals surface area contributed by atoms with E-state index >= 15 is 0 Å². The van der Waals surface area contributed by atoms with Gasteiger partial charge < -0.3 is 14.2 Å². The van der Waals surface area contributed by atoms with Crippen molar-refractivity contribution in [2.45, 2.75) is 38.0 Å². The highest BCUT2D eigenvalue weighted by molar-refractivity contribution is 5.83. The zero-order valence-electron chi connectivity index (χ0n) is 19.1. The van der Waals surface area contributed by atoms with E-state index in [1.165, 1.54) is 18.6 Å². The molecule has 0 unspecified atom stereocenters. The van der Waals surface area contributed by atoms with Gasteiger partial charge in [0.05, 0.1) is 24.8 Å². The first-order chi connectivity index (χ1) is 16.2. The van der Waals surface area contributed by atoms with Crippen LogP contribution in [0, 0.1) is 5.82 Å². The molecule has 0 aliphatic carbocycles. The Kier molecular flexibility index (Phi) is 7.27. The van der Waals surface area contributed by atoms with E-state index in [1.54, 1.807) is 13.2 Å². The average molecular weight is 481 g/mol. The van der Waals surface area contributed by atoms with Crippen LogP contribution >= 0.6 is 0 Å². The van der Waals surface area contributed by atoms with Gasteiger partial charge in [-0.1, -0.05) is 0 Å². The number of halogens is 4. The standard InChI is InChI=1S/C22H27F4N7O/c1-31(9-10-34-2)20-18-21(33(14-28-18)13-22(24,25)26)30-19(29-20)15-5-7-32(8-6-15)12-17-4-3-16(23)11-27-17/h3-4,11,14-15H,5-10,12-13H2,1-2H3. The first kappa shape index (κ1) is 24.3. The van der Waals surface area contributed by atoms with E-state index in [4.69, 9.17) is 9.72 Å². The first-order valence-corrected chi connectivity index (χ1v) is 11.1. The van der Waals surface area contributed by atoms with Crippen molar-refractivity contribution in [1.29, 1.82) is 0 Å². The Bertz CT molecular complexity index is 1100. The number of imidazole rings is 1. The summed E-state index contributed by atoms with van der Waals surface area (Å²) in [4.78, 5) is 21.6. The number of hydrogen-bond acceptors (Lipinski definition) is 7. The van der Waals surface area contributed by atoms with Gasteiger partial charge in [0.15, 0.2) is 17.0 Å². The molecular formula is C22H27F4N7O. The van der Waals surface area contributed by atoms with Crippen molar-refractivity contribution in [1.82, 2.24) is 29.4 Å². The SMILES string of the molecule is COCCN(C)c1nc(C2CCN(Cc3ccc(F)cn3)CC2)nc2c1ncn2CC(F)(F)F. The van der Waals surface area contributed by atoms with Crippen molar-refractivity contribution >= 4 is 17.0 Å². The fraction of sp³-hybridized carbons (Fsp3) is 0.545. The maximum Gasteiger partial charge on any atom is 0.406 e. The second-order valence-electron chi connectivity index (χ2n) is 8.50. The largest absolute Gasteiger partial charge is 0.406 e. The molecule has 4 rings (SSSR count). The Labute approximate surface area is 194 Å². The molecule has 8 nitrogen and oxygen atoms in total. The minimum absolute atomic E-state index is 0.00522. The number of aromatic nitrogens is 5. The number of likely N-dealkylation sites (tertiary alicyclic amines) is 1. The van der Waals surface area contributed by atoms with E-state index in [0.717, 1.165) is 36.2 Å².